The number of fused-ring (bicyclic) bond motifs is 1. The molecule has 0 amide bonds. The first-order valence-corrected chi connectivity index (χ1v) is 7.10. The molecule has 3 heteroatoms. The summed E-state index contributed by atoms with van der Waals surface area (Å²) in [7, 11) is 0. The first kappa shape index (κ1) is 13.6. The van der Waals surface area contributed by atoms with Gasteiger partial charge in [0.1, 0.15) is 0 Å². The fourth-order valence-electron chi connectivity index (χ4n) is 2.64. The average Bonchev–Trinajstić information content (AvgIpc) is 2.51. The molecule has 106 valence electrons. The minimum absolute atomic E-state index is 0.0163. The zero-order valence-electron chi connectivity index (χ0n) is 12.0. The molecule has 3 rings (SSSR count). The number of nitrogens with zero attached hydrogens (tertiary/aromatic N) is 1. The largest absolute Gasteiger partial charge is 0.326 e. The van der Waals surface area contributed by atoms with Gasteiger partial charge in [0.25, 0.3) is 5.56 Å². The summed E-state index contributed by atoms with van der Waals surface area (Å²) >= 11 is 0. The van der Waals surface area contributed by atoms with Crippen LogP contribution in [-0.4, -0.2) is 10.6 Å². The minimum Gasteiger partial charge on any atom is -0.326 e. The van der Waals surface area contributed by atoms with Crippen LogP contribution in [0, 0.1) is 0 Å². The lowest BCUT2D eigenvalue weighted by atomic mass is 10.0. The number of rotatable bonds is 3. The normalized spacial score (nSPS) is 12.5. The molecule has 2 N–H and O–H groups in total. The van der Waals surface area contributed by atoms with Gasteiger partial charge in [0, 0.05) is 29.7 Å². The van der Waals surface area contributed by atoms with Crippen molar-refractivity contribution >= 4 is 10.8 Å². The van der Waals surface area contributed by atoms with Gasteiger partial charge in [-0.3, -0.25) is 4.79 Å². The highest BCUT2D eigenvalue weighted by atomic mass is 16.1. The molecule has 0 fully saturated rings. The molecule has 21 heavy (non-hydrogen) atoms. The third-order valence-corrected chi connectivity index (χ3v) is 3.56. The second kappa shape index (κ2) is 5.54. The zero-order chi connectivity index (χ0) is 14.8. The number of benzene rings is 2. The lowest BCUT2D eigenvalue weighted by Gasteiger charge is -2.14. The van der Waals surface area contributed by atoms with Crippen molar-refractivity contribution in [3.05, 3.63) is 71.1 Å². The van der Waals surface area contributed by atoms with E-state index in [-0.39, 0.29) is 11.6 Å². The molecule has 0 saturated heterocycles. The smallest absolute Gasteiger partial charge is 0.258 e. The van der Waals surface area contributed by atoms with E-state index in [4.69, 9.17) is 5.73 Å². The molecule has 1 atom stereocenters. The van der Waals surface area contributed by atoms with Crippen molar-refractivity contribution in [1.29, 1.82) is 0 Å². The predicted octanol–water partition coefficient (Wildman–Crippen LogP) is 3.02. The zero-order valence-corrected chi connectivity index (χ0v) is 12.0. The van der Waals surface area contributed by atoms with Crippen molar-refractivity contribution in [3.8, 4) is 11.1 Å². The molecule has 1 heterocycles. The SMILES string of the molecule is CC(N)Cn1cc(-c2ccccc2)c2ccccc2c1=O. The van der Waals surface area contributed by atoms with Crippen LogP contribution in [0.25, 0.3) is 21.9 Å². The third kappa shape index (κ3) is 2.60. The molecule has 0 radical (unpaired) electrons. The van der Waals surface area contributed by atoms with Gasteiger partial charge in [0.2, 0.25) is 0 Å². The first-order valence-electron chi connectivity index (χ1n) is 7.10. The number of hydrogen-bond donors (Lipinski definition) is 1. The van der Waals surface area contributed by atoms with Gasteiger partial charge < -0.3 is 10.3 Å². The quantitative estimate of drug-likeness (QED) is 0.800. The highest BCUT2D eigenvalue weighted by Crippen LogP contribution is 2.26. The Kier molecular flexibility index (Phi) is 3.59. The minimum atomic E-state index is -0.0625. The molecule has 0 saturated carbocycles. The van der Waals surface area contributed by atoms with E-state index in [2.05, 4.69) is 12.1 Å². The maximum Gasteiger partial charge on any atom is 0.258 e. The topological polar surface area (TPSA) is 48.0 Å². The van der Waals surface area contributed by atoms with Gasteiger partial charge >= 0.3 is 0 Å². The Morgan fingerprint density at radius 3 is 2.29 bits per heavy atom. The molecule has 3 nitrogen and oxygen atoms in total. The Labute approximate surface area is 123 Å². The summed E-state index contributed by atoms with van der Waals surface area (Å²) in [6.45, 7) is 2.42. The second-order valence-electron chi connectivity index (χ2n) is 5.39. The van der Waals surface area contributed by atoms with Crippen molar-refractivity contribution in [2.75, 3.05) is 0 Å². The molecular formula is C18H18N2O. The van der Waals surface area contributed by atoms with E-state index in [1.807, 2.05) is 55.6 Å². The average molecular weight is 278 g/mol. The summed E-state index contributed by atoms with van der Waals surface area (Å²) in [5.41, 5.74) is 8.05. The first-order chi connectivity index (χ1) is 10.2. The van der Waals surface area contributed by atoms with Crippen LogP contribution in [0.5, 0.6) is 0 Å². The summed E-state index contributed by atoms with van der Waals surface area (Å²) in [5.74, 6) is 0. The van der Waals surface area contributed by atoms with Crippen LogP contribution in [0.4, 0.5) is 0 Å². The number of nitrogens with two attached hydrogens (primary N) is 1. The van der Waals surface area contributed by atoms with E-state index in [0.717, 1.165) is 21.9 Å². The summed E-state index contributed by atoms with van der Waals surface area (Å²) in [5, 5.41) is 1.72. The summed E-state index contributed by atoms with van der Waals surface area (Å²) in [4.78, 5) is 12.6. The van der Waals surface area contributed by atoms with Crippen molar-refractivity contribution in [2.24, 2.45) is 5.73 Å². The standard InChI is InChI=1S/C18H18N2O/c1-13(19)11-20-12-17(14-7-3-2-4-8-14)15-9-5-6-10-16(15)18(20)21/h2-10,12-13H,11,19H2,1H3. The van der Waals surface area contributed by atoms with E-state index in [1.54, 1.807) is 4.57 Å². The Bertz CT molecular complexity index is 819. The van der Waals surface area contributed by atoms with Gasteiger partial charge in [-0.1, -0.05) is 48.5 Å². The number of aromatic nitrogens is 1. The summed E-state index contributed by atoms with van der Waals surface area (Å²) < 4.78 is 1.72. The van der Waals surface area contributed by atoms with Crippen LogP contribution in [0.15, 0.2) is 65.6 Å². The Morgan fingerprint density at radius 1 is 1.00 bits per heavy atom. The van der Waals surface area contributed by atoms with E-state index >= 15 is 0 Å². The molecule has 1 unspecified atom stereocenters. The van der Waals surface area contributed by atoms with Gasteiger partial charge in [0.15, 0.2) is 0 Å². The Hall–Kier alpha value is -2.39. The van der Waals surface area contributed by atoms with Crippen LogP contribution in [0.2, 0.25) is 0 Å². The molecule has 3 aromatic rings. The number of pyridine rings is 1. The van der Waals surface area contributed by atoms with Crippen molar-refractivity contribution < 1.29 is 0 Å². The predicted molar refractivity (Wildman–Crippen MR) is 87.3 cm³/mol. The van der Waals surface area contributed by atoms with E-state index in [1.165, 1.54) is 0 Å². The van der Waals surface area contributed by atoms with Gasteiger partial charge in [-0.2, -0.15) is 0 Å². The van der Waals surface area contributed by atoms with Crippen LogP contribution in [0.3, 0.4) is 0 Å². The third-order valence-electron chi connectivity index (χ3n) is 3.56. The molecule has 0 aliphatic carbocycles. The van der Waals surface area contributed by atoms with Crippen molar-refractivity contribution in [3.63, 3.8) is 0 Å². The van der Waals surface area contributed by atoms with Crippen molar-refractivity contribution in [1.82, 2.24) is 4.57 Å². The van der Waals surface area contributed by atoms with Crippen LogP contribution in [0.1, 0.15) is 6.92 Å². The van der Waals surface area contributed by atoms with Crippen LogP contribution in [-0.2, 0) is 6.54 Å². The fourth-order valence-corrected chi connectivity index (χ4v) is 2.64. The molecular weight excluding hydrogens is 260 g/mol. The monoisotopic (exact) mass is 278 g/mol. The van der Waals surface area contributed by atoms with E-state index < -0.39 is 0 Å². The fraction of sp³-hybridized carbons (Fsp3) is 0.167. The van der Waals surface area contributed by atoms with Gasteiger partial charge in [-0.25, -0.2) is 0 Å². The maximum absolute atomic E-state index is 12.6. The van der Waals surface area contributed by atoms with Crippen LogP contribution < -0.4 is 11.3 Å². The Morgan fingerprint density at radius 2 is 1.62 bits per heavy atom. The van der Waals surface area contributed by atoms with Gasteiger partial charge in [-0.05, 0) is 23.9 Å². The molecule has 1 aromatic heterocycles. The van der Waals surface area contributed by atoms with Crippen molar-refractivity contribution in [2.45, 2.75) is 19.5 Å². The second-order valence-corrected chi connectivity index (χ2v) is 5.39. The highest BCUT2D eigenvalue weighted by molar-refractivity contribution is 5.95. The summed E-state index contributed by atoms with van der Waals surface area (Å²) in [6, 6.07) is 17.8. The van der Waals surface area contributed by atoms with Crippen LogP contribution >= 0.6 is 0 Å². The van der Waals surface area contributed by atoms with Gasteiger partial charge in [0.05, 0.1) is 0 Å². The summed E-state index contributed by atoms with van der Waals surface area (Å²) in [6.07, 6.45) is 1.92. The lowest BCUT2D eigenvalue weighted by Crippen LogP contribution is -2.29. The van der Waals surface area contributed by atoms with E-state index in [9.17, 15) is 4.79 Å². The molecule has 0 bridgehead atoms. The molecule has 0 aliphatic rings. The maximum atomic E-state index is 12.6. The Balaban J connectivity index is 2.33. The molecule has 0 spiro atoms. The van der Waals surface area contributed by atoms with Gasteiger partial charge in [-0.15, -0.1) is 0 Å². The van der Waals surface area contributed by atoms with E-state index in [0.29, 0.717) is 6.54 Å². The lowest BCUT2D eigenvalue weighted by molar-refractivity contribution is 0.578. The molecule has 0 aliphatic heterocycles. The number of hydrogen-bond acceptors (Lipinski definition) is 2. The highest BCUT2D eigenvalue weighted by Gasteiger charge is 2.10. The molecule has 2 aromatic carbocycles.